The molecule has 1 saturated heterocycles. The lowest BCUT2D eigenvalue weighted by Gasteiger charge is -2.18. The van der Waals surface area contributed by atoms with E-state index < -0.39 is 0 Å². The van der Waals surface area contributed by atoms with Crippen LogP contribution in [0.25, 0.3) is 0 Å². The monoisotopic (exact) mass is 354 g/mol. The van der Waals surface area contributed by atoms with Crippen molar-refractivity contribution in [3.05, 3.63) is 46.0 Å². The quantitative estimate of drug-likeness (QED) is 0.770. The van der Waals surface area contributed by atoms with E-state index >= 15 is 0 Å². The molecule has 0 bridgehead atoms. The molecule has 0 N–H and O–H groups in total. The van der Waals surface area contributed by atoms with Crippen LogP contribution in [0.15, 0.2) is 23.5 Å². The van der Waals surface area contributed by atoms with Crippen LogP contribution in [0, 0.1) is 25.2 Å². The van der Waals surface area contributed by atoms with Gasteiger partial charge in [0.15, 0.2) is 0 Å². The van der Waals surface area contributed by atoms with Crippen LogP contribution in [0.2, 0.25) is 0 Å². The Hall–Kier alpha value is -3.28. The number of rotatable bonds is 4. The molecule has 1 amide bonds. The number of nitrogens with zero attached hydrogens (tertiary/aromatic N) is 6. The summed E-state index contributed by atoms with van der Waals surface area (Å²) in [6, 6.07) is 1.93. The first-order valence-electron chi connectivity index (χ1n) is 8.17. The summed E-state index contributed by atoms with van der Waals surface area (Å²) < 4.78 is 7.03. The molecule has 0 aliphatic carbocycles. The van der Waals surface area contributed by atoms with Gasteiger partial charge in [0.05, 0.1) is 12.9 Å². The normalized spacial score (nSPS) is 16.3. The van der Waals surface area contributed by atoms with Crippen molar-refractivity contribution >= 4 is 5.91 Å². The zero-order valence-corrected chi connectivity index (χ0v) is 14.5. The summed E-state index contributed by atoms with van der Waals surface area (Å²) in [5.74, 6) is -0.00761. The molecular weight excluding hydrogens is 336 g/mol. The minimum absolute atomic E-state index is 0.0612. The molecule has 2 aromatic rings. The minimum Gasteiger partial charge on any atom is -0.470 e. The fourth-order valence-corrected chi connectivity index (χ4v) is 2.73. The summed E-state index contributed by atoms with van der Waals surface area (Å²) in [5, 5.41) is 9.03. The summed E-state index contributed by atoms with van der Waals surface area (Å²) >= 11 is 0. The number of nitriles is 1. The van der Waals surface area contributed by atoms with Gasteiger partial charge < -0.3 is 9.64 Å². The number of carbonyl (C=O) groups excluding carboxylic acids is 1. The van der Waals surface area contributed by atoms with Crippen molar-refractivity contribution in [2.45, 2.75) is 32.9 Å². The zero-order valence-electron chi connectivity index (χ0n) is 14.5. The number of amides is 1. The Morgan fingerprint density at radius 2 is 2.12 bits per heavy atom. The number of carbonyl (C=O) groups is 1. The van der Waals surface area contributed by atoms with Crippen molar-refractivity contribution < 1.29 is 9.53 Å². The maximum absolute atomic E-state index is 12.5. The molecule has 1 atom stereocenters. The molecule has 0 saturated carbocycles. The number of aromatic nitrogens is 4. The Morgan fingerprint density at radius 1 is 1.35 bits per heavy atom. The Morgan fingerprint density at radius 3 is 2.88 bits per heavy atom. The molecule has 2 aromatic heterocycles. The first-order valence-corrected chi connectivity index (χ1v) is 8.17. The van der Waals surface area contributed by atoms with E-state index in [-0.39, 0.29) is 35.7 Å². The summed E-state index contributed by atoms with van der Waals surface area (Å²) in [6.07, 6.45) is 4.62. The number of aryl methyl sites for hydroxylation is 1. The van der Waals surface area contributed by atoms with Crippen molar-refractivity contribution in [1.82, 2.24) is 24.4 Å². The Labute approximate surface area is 149 Å². The van der Waals surface area contributed by atoms with Gasteiger partial charge >= 0.3 is 0 Å². The first kappa shape index (κ1) is 17.5. The summed E-state index contributed by atoms with van der Waals surface area (Å²) in [7, 11) is 0. The minimum atomic E-state index is -0.266. The Kier molecular flexibility index (Phi) is 4.93. The van der Waals surface area contributed by atoms with Gasteiger partial charge in [-0.05, 0) is 13.8 Å². The van der Waals surface area contributed by atoms with Gasteiger partial charge in [0, 0.05) is 36.6 Å². The van der Waals surface area contributed by atoms with Crippen LogP contribution in [0.1, 0.15) is 23.4 Å². The van der Waals surface area contributed by atoms with E-state index in [0.717, 1.165) is 0 Å². The highest BCUT2D eigenvalue weighted by atomic mass is 16.5. The number of ether oxygens (including phenoxy) is 1. The molecule has 1 aliphatic rings. The van der Waals surface area contributed by atoms with E-state index in [1.165, 1.54) is 23.3 Å². The average Bonchev–Trinajstić information content (AvgIpc) is 3.11. The predicted molar refractivity (Wildman–Crippen MR) is 90.3 cm³/mol. The van der Waals surface area contributed by atoms with Crippen molar-refractivity contribution in [3.8, 4) is 11.9 Å². The van der Waals surface area contributed by atoms with Gasteiger partial charge in [0.25, 0.3) is 11.4 Å². The average molecular weight is 354 g/mol. The van der Waals surface area contributed by atoms with Crippen molar-refractivity contribution in [1.29, 1.82) is 5.26 Å². The SMILES string of the molecule is Cc1ncn(CC(=O)N2CC[C@H](Oc3nccnc3C#N)C2)c(=O)c1C. The third-order valence-corrected chi connectivity index (χ3v) is 4.37. The van der Waals surface area contributed by atoms with Gasteiger partial charge in [0.1, 0.15) is 18.7 Å². The highest BCUT2D eigenvalue weighted by Gasteiger charge is 2.29. The standard InChI is InChI=1S/C17H18N6O3/c1-11-12(2)21-10-23(17(11)25)9-15(24)22-6-3-13(8-22)26-16-14(7-18)19-4-5-20-16/h4-5,10,13H,3,6,8-9H2,1-2H3/t13-/m0/s1. The molecule has 9 heteroatoms. The largest absolute Gasteiger partial charge is 0.470 e. The van der Waals surface area contributed by atoms with Crippen molar-refractivity contribution in [3.63, 3.8) is 0 Å². The fourth-order valence-electron chi connectivity index (χ4n) is 2.73. The molecule has 0 unspecified atom stereocenters. The molecule has 0 radical (unpaired) electrons. The first-order chi connectivity index (χ1) is 12.5. The molecule has 26 heavy (non-hydrogen) atoms. The third-order valence-electron chi connectivity index (χ3n) is 4.37. The van der Waals surface area contributed by atoms with E-state index in [0.29, 0.717) is 30.8 Å². The summed E-state index contributed by atoms with van der Waals surface area (Å²) in [5.41, 5.74) is 1.10. The summed E-state index contributed by atoms with van der Waals surface area (Å²) in [6.45, 7) is 4.27. The number of hydrogen-bond acceptors (Lipinski definition) is 7. The molecule has 3 heterocycles. The molecule has 134 valence electrons. The fraction of sp³-hybridized carbons (Fsp3) is 0.412. The highest BCUT2D eigenvalue weighted by molar-refractivity contribution is 5.76. The lowest BCUT2D eigenvalue weighted by molar-refractivity contribution is -0.131. The van der Waals surface area contributed by atoms with E-state index in [9.17, 15) is 9.59 Å². The number of likely N-dealkylation sites (tertiary alicyclic amines) is 1. The molecular formula is C17H18N6O3. The van der Waals surface area contributed by atoms with Crippen molar-refractivity contribution in [2.24, 2.45) is 0 Å². The van der Waals surface area contributed by atoms with Crippen LogP contribution in [-0.4, -0.2) is 49.5 Å². The van der Waals surface area contributed by atoms with E-state index in [4.69, 9.17) is 10.00 Å². The predicted octanol–water partition coefficient (Wildman–Crippen LogP) is 0.202. The van der Waals surface area contributed by atoms with Gasteiger partial charge in [-0.15, -0.1) is 0 Å². The zero-order chi connectivity index (χ0) is 18.7. The molecule has 1 fully saturated rings. The van der Waals surface area contributed by atoms with Gasteiger partial charge in [-0.2, -0.15) is 5.26 Å². The van der Waals surface area contributed by atoms with Gasteiger partial charge in [0.2, 0.25) is 11.6 Å². The van der Waals surface area contributed by atoms with Crippen LogP contribution < -0.4 is 10.3 Å². The van der Waals surface area contributed by atoms with Crippen molar-refractivity contribution in [2.75, 3.05) is 13.1 Å². The molecule has 9 nitrogen and oxygen atoms in total. The maximum atomic E-state index is 12.5. The second-order valence-corrected chi connectivity index (χ2v) is 6.08. The Balaban J connectivity index is 1.64. The lowest BCUT2D eigenvalue weighted by Crippen LogP contribution is -2.37. The van der Waals surface area contributed by atoms with Crippen LogP contribution in [-0.2, 0) is 11.3 Å². The molecule has 1 aliphatic heterocycles. The van der Waals surface area contributed by atoms with E-state index in [1.807, 2.05) is 6.07 Å². The lowest BCUT2D eigenvalue weighted by atomic mass is 10.3. The molecule has 0 aromatic carbocycles. The topological polar surface area (TPSA) is 114 Å². The molecule has 0 spiro atoms. The van der Waals surface area contributed by atoms with Crippen LogP contribution >= 0.6 is 0 Å². The Bertz CT molecular complexity index is 933. The van der Waals surface area contributed by atoms with Crippen LogP contribution in [0.3, 0.4) is 0 Å². The van der Waals surface area contributed by atoms with E-state index in [1.54, 1.807) is 18.7 Å². The summed E-state index contributed by atoms with van der Waals surface area (Å²) in [4.78, 5) is 38.4. The van der Waals surface area contributed by atoms with Crippen LogP contribution in [0.5, 0.6) is 5.88 Å². The molecule has 3 rings (SSSR count). The highest BCUT2D eigenvalue weighted by Crippen LogP contribution is 2.18. The van der Waals surface area contributed by atoms with Gasteiger partial charge in [-0.1, -0.05) is 0 Å². The second kappa shape index (κ2) is 7.31. The maximum Gasteiger partial charge on any atom is 0.256 e. The second-order valence-electron chi connectivity index (χ2n) is 6.08. The van der Waals surface area contributed by atoms with Gasteiger partial charge in [-0.3, -0.25) is 14.2 Å². The van der Waals surface area contributed by atoms with Gasteiger partial charge in [-0.25, -0.2) is 15.0 Å². The number of hydrogen-bond donors (Lipinski definition) is 0. The van der Waals surface area contributed by atoms with Crippen LogP contribution in [0.4, 0.5) is 0 Å². The smallest absolute Gasteiger partial charge is 0.256 e. The third kappa shape index (κ3) is 3.54. The van der Waals surface area contributed by atoms with E-state index in [2.05, 4.69) is 15.0 Å².